The monoisotopic (exact) mass is 189 g/mol. The molecule has 2 heteroatoms. The van der Waals surface area contributed by atoms with Crippen molar-refractivity contribution in [1.82, 2.24) is 5.06 Å². The molecule has 14 heavy (non-hydrogen) atoms. The maximum absolute atomic E-state index is 5.66. The Labute approximate surface area is 84.8 Å². The van der Waals surface area contributed by atoms with Gasteiger partial charge in [-0.3, -0.25) is 0 Å². The van der Waals surface area contributed by atoms with Crippen LogP contribution in [0.25, 0.3) is 5.76 Å². The molecule has 1 aliphatic rings. The van der Waals surface area contributed by atoms with Gasteiger partial charge in [-0.2, -0.15) is 0 Å². The van der Waals surface area contributed by atoms with Crippen LogP contribution >= 0.6 is 0 Å². The minimum atomic E-state index is -0.0226. The fourth-order valence-corrected chi connectivity index (χ4v) is 1.44. The molecule has 2 nitrogen and oxygen atoms in total. The highest BCUT2D eigenvalue weighted by Gasteiger charge is 2.31. The molecule has 74 valence electrons. The molecule has 0 bridgehead atoms. The fourth-order valence-electron chi connectivity index (χ4n) is 1.44. The Morgan fingerprint density at radius 3 is 2.29 bits per heavy atom. The van der Waals surface area contributed by atoms with Gasteiger partial charge in [0.05, 0.1) is 5.54 Å². The highest BCUT2D eigenvalue weighted by molar-refractivity contribution is 5.62. The van der Waals surface area contributed by atoms with Crippen LogP contribution in [0.1, 0.15) is 19.4 Å². The van der Waals surface area contributed by atoms with Gasteiger partial charge in [0.25, 0.3) is 0 Å². The van der Waals surface area contributed by atoms with Crippen LogP contribution in [0, 0.1) is 0 Å². The van der Waals surface area contributed by atoms with Gasteiger partial charge in [0.15, 0.2) is 5.76 Å². The zero-order chi connectivity index (χ0) is 10.2. The van der Waals surface area contributed by atoms with Crippen molar-refractivity contribution >= 4 is 5.76 Å². The minimum Gasteiger partial charge on any atom is -0.405 e. The second kappa shape index (κ2) is 3.14. The largest absolute Gasteiger partial charge is 0.405 e. The second-order valence-electron chi connectivity index (χ2n) is 4.12. The van der Waals surface area contributed by atoms with Crippen LogP contribution < -0.4 is 0 Å². The van der Waals surface area contributed by atoms with Crippen LogP contribution in [-0.4, -0.2) is 17.6 Å². The van der Waals surface area contributed by atoms with Crippen molar-refractivity contribution in [1.29, 1.82) is 0 Å². The molecule has 0 fully saturated rings. The number of likely N-dealkylation sites (N-methyl/N-ethyl adjacent to an activating group) is 1. The van der Waals surface area contributed by atoms with E-state index in [4.69, 9.17) is 4.84 Å². The van der Waals surface area contributed by atoms with Crippen molar-refractivity contribution in [3.05, 3.63) is 42.0 Å². The number of hydrogen-bond donors (Lipinski definition) is 0. The molecule has 0 aliphatic carbocycles. The third-order valence-corrected chi connectivity index (χ3v) is 2.59. The van der Waals surface area contributed by atoms with Crippen LogP contribution in [0.3, 0.4) is 0 Å². The third-order valence-electron chi connectivity index (χ3n) is 2.59. The van der Waals surface area contributed by atoms with E-state index in [9.17, 15) is 0 Å². The highest BCUT2D eigenvalue weighted by Crippen LogP contribution is 2.31. The lowest BCUT2D eigenvalue weighted by atomic mass is 10.0. The quantitative estimate of drug-likeness (QED) is 0.673. The van der Waals surface area contributed by atoms with E-state index in [0.717, 1.165) is 11.3 Å². The number of benzene rings is 1. The maximum atomic E-state index is 5.66. The van der Waals surface area contributed by atoms with Gasteiger partial charge < -0.3 is 4.84 Å². The maximum Gasteiger partial charge on any atom is 0.152 e. The molecule has 0 aromatic heterocycles. The van der Waals surface area contributed by atoms with Gasteiger partial charge in [-0.25, -0.2) is 0 Å². The van der Waals surface area contributed by atoms with Crippen LogP contribution in [0.4, 0.5) is 0 Å². The second-order valence-corrected chi connectivity index (χ2v) is 4.12. The van der Waals surface area contributed by atoms with E-state index < -0.39 is 0 Å². The average molecular weight is 189 g/mol. The van der Waals surface area contributed by atoms with Crippen molar-refractivity contribution in [3.8, 4) is 0 Å². The molecular formula is C12H15NO. The Hall–Kier alpha value is -1.28. The number of hydrogen-bond acceptors (Lipinski definition) is 2. The molecule has 1 aromatic rings. The van der Waals surface area contributed by atoms with Crippen molar-refractivity contribution < 1.29 is 4.84 Å². The standard InChI is InChI=1S/C12H15NO/c1-12(2)9-11(14-13(12)3)10-7-5-4-6-8-10/h4-9H,1-3H3. The van der Waals surface area contributed by atoms with Gasteiger partial charge in [-0.05, 0) is 19.9 Å². The molecule has 2 rings (SSSR count). The summed E-state index contributed by atoms with van der Waals surface area (Å²) in [6.45, 7) is 4.26. The molecule has 0 unspecified atom stereocenters. The summed E-state index contributed by atoms with van der Waals surface area (Å²) in [4.78, 5) is 5.66. The lowest BCUT2D eigenvalue weighted by Gasteiger charge is -2.23. The van der Waals surface area contributed by atoms with Crippen molar-refractivity contribution in [3.63, 3.8) is 0 Å². The third kappa shape index (κ3) is 1.53. The number of hydroxylamine groups is 2. The van der Waals surface area contributed by atoms with Gasteiger partial charge >= 0.3 is 0 Å². The molecule has 1 aromatic carbocycles. The first-order valence-electron chi connectivity index (χ1n) is 4.80. The smallest absolute Gasteiger partial charge is 0.152 e. The van der Waals surface area contributed by atoms with E-state index in [1.54, 1.807) is 0 Å². The molecule has 1 aliphatic heterocycles. The molecular weight excluding hydrogens is 174 g/mol. The predicted molar refractivity (Wildman–Crippen MR) is 57.3 cm³/mol. The molecule has 0 saturated heterocycles. The Morgan fingerprint density at radius 1 is 1.14 bits per heavy atom. The summed E-state index contributed by atoms with van der Waals surface area (Å²) in [6, 6.07) is 10.2. The van der Waals surface area contributed by atoms with Gasteiger partial charge in [-0.1, -0.05) is 30.3 Å². The summed E-state index contributed by atoms with van der Waals surface area (Å²) in [5.74, 6) is 0.943. The Bertz CT molecular complexity index is 354. The van der Waals surface area contributed by atoms with Crippen LogP contribution in [0.5, 0.6) is 0 Å². The lowest BCUT2D eigenvalue weighted by molar-refractivity contribution is -0.0954. The molecule has 0 spiro atoms. The van der Waals surface area contributed by atoms with E-state index in [1.807, 2.05) is 30.3 Å². The Kier molecular flexibility index (Phi) is 2.08. The first-order valence-corrected chi connectivity index (χ1v) is 4.80. The van der Waals surface area contributed by atoms with E-state index in [-0.39, 0.29) is 5.54 Å². The van der Waals surface area contributed by atoms with Crippen molar-refractivity contribution in [2.45, 2.75) is 19.4 Å². The van der Waals surface area contributed by atoms with E-state index >= 15 is 0 Å². The topological polar surface area (TPSA) is 12.5 Å². The summed E-state index contributed by atoms with van der Waals surface area (Å²) in [6.07, 6.45) is 2.14. The zero-order valence-corrected chi connectivity index (χ0v) is 8.82. The summed E-state index contributed by atoms with van der Waals surface area (Å²) in [5.41, 5.74) is 1.11. The predicted octanol–water partition coefficient (Wildman–Crippen LogP) is 2.68. The molecule has 1 heterocycles. The van der Waals surface area contributed by atoms with Gasteiger partial charge in [0.1, 0.15) is 0 Å². The minimum absolute atomic E-state index is 0.0226. The molecule has 0 N–H and O–H groups in total. The lowest BCUT2D eigenvalue weighted by Crippen LogP contribution is -2.33. The summed E-state index contributed by atoms with van der Waals surface area (Å²) < 4.78 is 0. The van der Waals surface area contributed by atoms with E-state index in [1.165, 1.54) is 0 Å². The van der Waals surface area contributed by atoms with Crippen molar-refractivity contribution in [2.24, 2.45) is 0 Å². The highest BCUT2D eigenvalue weighted by atomic mass is 16.7. The van der Waals surface area contributed by atoms with Crippen LogP contribution in [0.2, 0.25) is 0 Å². The summed E-state index contributed by atoms with van der Waals surface area (Å²) in [5, 5.41) is 1.87. The van der Waals surface area contributed by atoms with Gasteiger partial charge in [-0.15, -0.1) is 5.06 Å². The first-order chi connectivity index (χ1) is 6.59. The van der Waals surface area contributed by atoms with E-state index in [2.05, 4.69) is 32.1 Å². The fraction of sp³-hybridized carbons (Fsp3) is 0.333. The average Bonchev–Trinajstić information content (AvgIpc) is 2.43. The number of nitrogens with zero attached hydrogens (tertiary/aromatic N) is 1. The molecule has 0 saturated carbocycles. The van der Waals surface area contributed by atoms with Gasteiger partial charge in [0, 0.05) is 12.6 Å². The van der Waals surface area contributed by atoms with Crippen LogP contribution in [-0.2, 0) is 4.84 Å². The normalized spacial score (nSPS) is 20.4. The molecule has 0 atom stereocenters. The van der Waals surface area contributed by atoms with Crippen LogP contribution in [0.15, 0.2) is 36.4 Å². The number of rotatable bonds is 1. The van der Waals surface area contributed by atoms with Gasteiger partial charge in [0.2, 0.25) is 0 Å². The summed E-state index contributed by atoms with van der Waals surface area (Å²) in [7, 11) is 1.95. The zero-order valence-electron chi connectivity index (χ0n) is 8.82. The first kappa shape index (κ1) is 9.28. The molecule has 0 amide bonds. The Morgan fingerprint density at radius 2 is 1.79 bits per heavy atom. The van der Waals surface area contributed by atoms with Crippen molar-refractivity contribution in [2.75, 3.05) is 7.05 Å². The Balaban J connectivity index is 2.32. The SMILES string of the molecule is CN1OC(c2ccccc2)=CC1(C)C. The molecule has 0 radical (unpaired) electrons. The summed E-state index contributed by atoms with van der Waals surface area (Å²) >= 11 is 0. The van der Waals surface area contributed by atoms with E-state index in [0.29, 0.717) is 0 Å².